The van der Waals surface area contributed by atoms with Crippen molar-refractivity contribution in [2.45, 2.75) is 33.2 Å². The summed E-state index contributed by atoms with van der Waals surface area (Å²) in [5, 5.41) is 8.95. The van der Waals surface area contributed by atoms with Gasteiger partial charge in [0.1, 0.15) is 5.75 Å². The quantitative estimate of drug-likeness (QED) is 0.893. The van der Waals surface area contributed by atoms with Crippen LogP contribution in [0.3, 0.4) is 0 Å². The van der Waals surface area contributed by atoms with E-state index in [1.54, 1.807) is 4.90 Å². The number of rotatable bonds is 5. The Morgan fingerprint density at radius 2 is 2.00 bits per heavy atom. The fourth-order valence-corrected chi connectivity index (χ4v) is 2.72. The molecule has 0 unspecified atom stereocenters. The Bertz CT molecular complexity index is 599. The second-order valence-electron chi connectivity index (χ2n) is 5.86. The predicted molar refractivity (Wildman–Crippen MR) is 84.7 cm³/mol. The van der Waals surface area contributed by atoms with Gasteiger partial charge in [-0.2, -0.15) is 0 Å². The van der Waals surface area contributed by atoms with Crippen LogP contribution in [0.5, 0.6) is 5.75 Å². The number of benzene rings is 1. The van der Waals surface area contributed by atoms with E-state index in [0.717, 1.165) is 22.4 Å². The summed E-state index contributed by atoms with van der Waals surface area (Å²) in [7, 11) is 0. The van der Waals surface area contributed by atoms with Crippen molar-refractivity contribution in [2.24, 2.45) is 0 Å². The van der Waals surface area contributed by atoms with Gasteiger partial charge in [0, 0.05) is 6.54 Å². The van der Waals surface area contributed by atoms with Gasteiger partial charge in [-0.3, -0.25) is 9.59 Å². The summed E-state index contributed by atoms with van der Waals surface area (Å²) in [6.07, 6.45) is -0.117. The Balaban J connectivity index is 2.03. The predicted octanol–water partition coefficient (Wildman–Crippen LogP) is 1.69. The third-order valence-electron chi connectivity index (χ3n) is 4.17. The lowest BCUT2D eigenvalue weighted by Crippen LogP contribution is -2.51. The third kappa shape index (κ3) is 4.22. The highest BCUT2D eigenvalue weighted by Gasteiger charge is 2.29. The van der Waals surface area contributed by atoms with Gasteiger partial charge in [-0.15, -0.1) is 0 Å². The van der Waals surface area contributed by atoms with E-state index < -0.39 is 12.0 Å². The normalized spacial score (nSPS) is 17.9. The van der Waals surface area contributed by atoms with E-state index in [2.05, 4.69) is 0 Å². The van der Waals surface area contributed by atoms with E-state index >= 15 is 0 Å². The smallest absolute Gasteiger partial charge is 0.305 e. The van der Waals surface area contributed by atoms with Crippen LogP contribution in [-0.4, -0.2) is 54.3 Å². The van der Waals surface area contributed by atoms with Gasteiger partial charge in [-0.1, -0.05) is 12.1 Å². The molecule has 1 aromatic rings. The Morgan fingerprint density at radius 1 is 1.30 bits per heavy atom. The van der Waals surface area contributed by atoms with Gasteiger partial charge in [0.15, 0.2) is 6.61 Å². The van der Waals surface area contributed by atoms with Gasteiger partial charge in [0.2, 0.25) is 0 Å². The maximum absolute atomic E-state index is 12.4. The highest BCUT2D eigenvalue weighted by Crippen LogP contribution is 2.25. The highest BCUT2D eigenvalue weighted by molar-refractivity contribution is 5.79. The standard InChI is InChI=1S/C17H23NO5/c1-11-4-5-12(2)17(13(11)3)23-10-15(19)18-6-7-22-9-14(18)8-16(20)21/h4-5,14H,6-10H2,1-3H3,(H,20,21)/t14-/m0/s1. The maximum Gasteiger partial charge on any atom is 0.305 e. The van der Waals surface area contributed by atoms with Crippen molar-refractivity contribution in [3.05, 3.63) is 28.8 Å². The van der Waals surface area contributed by atoms with E-state index in [-0.39, 0.29) is 25.5 Å². The highest BCUT2D eigenvalue weighted by atomic mass is 16.5. The summed E-state index contributed by atoms with van der Waals surface area (Å²) in [6.45, 7) is 6.87. The van der Waals surface area contributed by atoms with Gasteiger partial charge in [-0.05, 0) is 37.5 Å². The zero-order valence-electron chi connectivity index (χ0n) is 13.8. The lowest BCUT2D eigenvalue weighted by molar-refractivity contribution is -0.147. The lowest BCUT2D eigenvalue weighted by atomic mass is 10.1. The number of carboxylic acids is 1. The molecule has 6 nitrogen and oxygen atoms in total. The fourth-order valence-electron chi connectivity index (χ4n) is 2.72. The van der Waals surface area contributed by atoms with E-state index in [0.29, 0.717) is 13.2 Å². The summed E-state index contributed by atoms with van der Waals surface area (Å²) in [5.74, 6) is -0.425. The molecule has 0 aliphatic carbocycles. The van der Waals surface area contributed by atoms with Crippen LogP contribution in [0.4, 0.5) is 0 Å². The molecule has 1 atom stereocenters. The van der Waals surface area contributed by atoms with Crippen molar-refractivity contribution in [3.63, 3.8) is 0 Å². The number of aryl methyl sites for hydroxylation is 2. The van der Waals surface area contributed by atoms with E-state index in [4.69, 9.17) is 14.6 Å². The second-order valence-corrected chi connectivity index (χ2v) is 5.86. The van der Waals surface area contributed by atoms with Gasteiger partial charge in [0.25, 0.3) is 5.91 Å². The molecular weight excluding hydrogens is 298 g/mol. The molecule has 0 spiro atoms. The summed E-state index contributed by atoms with van der Waals surface area (Å²) >= 11 is 0. The van der Waals surface area contributed by atoms with Crippen LogP contribution in [-0.2, 0) is 14.3 Å². The number of carboxylic acid groups (broad SMARTS) is 1. The van der Waals surface area contributed by atoms with Crippen molar-refractivity contribution in [2.75, 3.05) is 26.4 Å². The Labute approximate surface area is 136 Å². The average molecular weight is 321 g/mol. The molecule has 0 radical (unpaired) electrons. The molecule has 1 aliphatic heterocycles. The van der Waals surface area contributed by atoms with Crippen LogP contribution in [0.15, 0.2) is 12.1 Å². The molecule has 0 saturated carbocycles. The Hall–Kier alpha value is -2.08. The number of carbonyl (C=O) groups is 2. The topological polar surface area (TPSA) is 76.1 Å². The first-order valence-corrected chi connectivity index (χ1v) is 7.68. The number of carbonyl (C=O) groups excluding carboxylic acids is 1. The molecule has 1 aromatic carbocycles. The molecule has 126 valence electrons. The molecular formula is C17H23NO5. The number of morpholine rings is 1. The third-order valence-corrected chi connectivity index (χ3v) is 4.17. The molecule has 23 heavy (non-hydrogen) atoms. The van der Waals surface area contributed by atoms with Crippen LogP contribution in [0.1, 0.15) is 23.1 Å². The number of nitrogens with zero attached hydrogens (tertiary/aromatic N) is 1. The van der Waals surface area contributed by atoms with Gasteiger partial charge < -0.3 is 19.5 Å². The molecule has 1 aliphatic rings. The molecule has 6 heteroatoms. The first kappa shape index (κ1) is 17.3. The zero-order valence-corrected chi connectivity index (χ0v) is 13.8. The van der Waals surface area contributed by atoms with E-state index in [1.165, 1.54) is 0 Å². The van der Waals surface area contributed by atoms with Gasteiger partial charge >= 0.3 is 5.97 Å². The fraction of sp³-hybridized carbons (Fsp3) is 0.529. The molecule has 1 amide bonds. The molecule has 0 bridgehead atoms. The van der Waals surface area contributed by atoms with Crippen molar-refractivity contribution in [1.29, 1.82) is 0 Å². The Kier molecular flexibility index (Phi) is 5.60. The lowest BCUT2D eigenvalue weighted by Gasteiger charge is -2.34. The molecule has 2 rings (SSSR count). The first-order valence-electron chi connectivity index (χ1n) is 7.68. The Morgan fingerprint density at radius 3 is 2.70 bits per heavy atom. The number of hydrogen-bond acceptors (Lipinski definition) is 4. The van der Waals surface area contributed by atoms with E-state index in [1.807, 2.05) is 32.9 Å². The van der Waals surface area contributed by atoms with Crippen LogP contribution >= 0.6 is 0 Å². The van der Waals surface area contributed by atoms with Crippen LogP contribution < -0.4 is 4.74 Å². The van der Waals surface area contributed by atoms with Crippen molar-refractivity contribution >= 4 is 11.9 Å². The minimum absolute atomic E-state index is 0.0960. The number of aliphatic carboxylic acids is 1. The van der Waals surface area contributed by atoms with Crippen LogP contribution in [0, 0.1) is 20.8 Å². The minimum Gasteiger partial charge on any atom is -0.483 e. The summed E-state index contributed by atoms with van der Waals surface area (Å²) in [6, 6.07) is 3.55. The molecule has 1 fully saturated rings. The van der Waals surface area contributed by atoms with Crippen molar-refractivity contribution in [3.8, 4) is 5.75 Å². The summed E-state index contributed by atoms with van der Waals surface area (Å²) in [4.78, 5) is 24.9. The SMILES string of the molecule is Cc1ccc(C)c(OCC(=O)N2CCOC[C@@H]2CC(=O)O)c1C. The monoisotopic (exact) mass is 321 g/mol. The molecule has 0 aromatic heterocycles. The summed E-state index contributed by atoms with van der Waals surface area (Å²) in [5.41, 5.74) is 3.10. The molecule has 1 N–H and O–H groups in total. The number of hydrogen-bond donors (Lipinski definition) is 1. The zero-order chi connectivity index (χ0) is 17.0. The summed E-state index contributed by atoms with van der Waals surface area (Å²) < 4.78 is 11.0. The van der Waals surface area contributed by atoms with Crippen LogP contribution in [0.2, 0.25) is 0 Å². The first-order chi connectivity index (χ1) is 10.9. The van der Waals surface area contributed by atoms with Crippen LogP contribution in [0.25, 0.3) is 0 Å². The molecule has 1 heterocycles. The second kappa shape index (κ2) is 7.46. The van der Waals surface area contributed by atoms with Crippen molar-refractivity contribution < 1.29 is 24.2 Å². The largest absolute Gasteiger partial charge is 0.483 e. The van der Waals surface area contributed by atoms with Gasteiger partial charge in [0.05, 0.1) is 25.7 Å². The van der Waals surface area contributed by atoms with E-state index in [9.17, 15) is 9.59 Å². The number of amides is 1. The average Bonchev–Trinajstić information content (AvgIpc) is 2.51. The van der Waals surface area contributed by atoms with Gasteiger partial charge in [-0.25, -0.2) is 0 Å². The number of ether oxygens (including phenoxy) is 2. The van der Waals surface area contributed by atoms with Crippen molar-refractivity contribution in [1.82, 2.24) is 4.90 Å². The maximum atomic E-state index is 12.4. The minimum atomic E-state index is -0.940. The molecule has 1 saturated heterocycles.